The number of nitrogens with two attached hydrogens (primary N) is 2. The van der Waals surface area contributed by atoms with Crippen molar-refractivity contribution in [3.05, 3.63) is 0 Å². The number of rotatable bonds is 13. The van der Waals surface area contributed by atoms with Crippen LogP contribution in [0.15, 0.2) is 0 Å². The van der Waals surface area contributed by atoms with E-state index in [1.165, 1.54) is 4.90 Å². The van der Waals surface area contributed by atoms with Gasteiger partial charge in [0.25, 0.3) is 0 Å². The number of carbonyl (C=O) groups is 4. The lowest BCUT2D eigenvalue weighted by molar-refractivity contribution is -0.143. The minimum absolute atomic E-state index is 0.0238. The number of carbonyl (C=O) groups excluding carboxylic acids is 3. The summed E-state index contributed by atoms with van der Waals surface area (Å²) in [6, 6.07) is -3.98. The molecule has 0 aromatic heterocycles. The predicted octanol–water partition coefficient (Wildman–Crippen LogP) is -1.47. The van der Waals surface area contributed by atoms with Gasteiger partial charge in [-0.25, -0.2) is 4.79 Å². The van der Waals surface area contributed by atoms with Gasteiger partial charge in [-0.1, -0.05) is 20.3 Å². The smallest absolute Gasteiger partial charge is 0.326 e. The SMILES string of the molecule is CC(C)CC(NC(=O)C(CO)NC(=O)C1CCCN1C(=O)C(N)CCCCN)C(=O)O. The second-order valence-electron chi connectivity index (χ2n) is 8.35. The molecule has 3 amide bonds. The van der Waals surface area contributed by atoms with Gasteiger partial charge in [-0.3, -0.25) is 14.4 Å². The van der Waals surface area contributed by atoms with Gasteiger partial charge in [0.15, 0.2) is 0 Å². The first kappa shape index (κ1) is 26.8. The third-order valence-electron chi connectivity index (χ3n) is 5.26. The van der Waals surface area contributed by atoms with Crippen LogP contribution in [0.25, 0.3) is 0 Å². The number of nitrogens with one attached hydrogen (secondary N) is 2. The largest absolute Gasteiger partial charge is 0.480 e. The Kier molecular flexibility index (Phi) is 11.4. The summed E-state index contributed by atoms with van der Waals surface area (Å²) in [6.07, 6.45) is 3.17. The van der Waals surface area contributed by atoms with Gasteiger partial charge in [-0.2, -0.15) is 0 Å². The first-order chi connectivity index (χ1) is 14.6. The molecule has 1 aliphatic heterocycles. The molecule has 0 aromatic carbocycles. The van der Waals surface area contributed by atoms with E-state index in [4.69, 9.17) is 11.5 Å². The van der Waals surface area contributed by atoms with Gasteiger partial charge >= 0.3 is 5.97 Å². The minimum atomic E-state index is -1.32. The van der Waals surface area contributed by atoms with Crippen molar-refractivity contribution in [2.24, 2.45) is 17.4 Å². The number of unbranched alkanes of at least 4 members (excludes halogenated alkanes) is 1. The average molecular weight is 444 g/mol. The van der Waals surface area contributed by atoms with Crippen LogP contribution in [-0.4, -0.2) is 82.7 Å². The molecule has 1 heterocycles. The van der Waals surface area contributed by atoms with Crippen molar-refractivity contribution in [2.75, 3.05) is 19.7 Å². The Labute approximate surface area is 182 Å². The summed E-state index contributed by atoms with van der Waals surface area (Å²) in [5.41, 5.74) is 11.4. The molecule has 11 heteroatoms. The van der Waals surface area contributed by atoms with Crippen molar-refractivity contribution in [3.8, 4) is 0 Å². The molecule has 1 aliphatic rings. The van der Waals surface area contributed by atoms with Crippen molar-refractivity contribution < 1.29 is 29.4 Å². The summed E-state index contributed by atoms with van der Waals surface area (Å²) < 4.78 is 0. The third-order valence-corrected chi connectivity index (χ3v) is 5.26. The van der Waals surface area contributed by atoms with Crippen LogP contribution >= 0.6 is 0 Å². The van der Waals surface area contributed by atoms with E-state index in [1.807, 2.05) is 13.8 Å². The van der Waals surface area contributed by atoms with Gasteiger partial charge < -0.3 is 37.2 Å². The Balaban J connectivity index is 2.73. The molecule has 0 spiro atoms. The summed E-state index contributed by atoms with van der Waals surface area (Å²) in [5.74, 6) is -2.87. The van der Waals surface area contributed by atoms with Crippen molar-refractivity contribution in [3.63, 3.8) is 0 Å². The van der Waals surface area contributed by atoms with E-state index >= 15 is 0 Å². The lowest BCUT2D eigenvalue weighted by Crippen LogP contribution is -2.57. The van der Waals surface area contributed by atoms with Crippen molar-refractivity contribution in [1.82, 2.24) is 15.5 Å². The van der Waals surface area contributed by atoms with Crippen LogP contribution < -0.4 is 22.1 Å². The number of hydrogen-bond donors (Lipinski definition) is 6. The second-order valence-corrected chi connectivity index (χ2v) is 8.35. The molecule has 0 aromatic rings. The zero-order valence-electron chi connectivity index (χ0n) is 18.4. The molecule has 8 N–H and O–H groups in total. The number of amides is 3. The molecule has 0 saturated carbocycles. The quantitative estimate of drug-likeness (QED) is 0.186. The van der Waals surface area contributed by atoms with E-state index < -0.39 is 48.6 Å². The van der Waals surface area contributed by atoms with Crippen LogP contribution in [0, 0.1) is 5.92 Å². The zero-order chi connectivity index (χ0) is 23.6. The summed E-state index contributed by atoms with van der Waals surface area (Å²) in [5, 5.41) is 23.6. The molecule has 1 fully saturated rings. The molecule has 31 heavy (non-hydrogen) atoms. The van der Waals surface area contributed by atoms with Crippen LogP contribution in [0.4, 0.5) is 0 Å². The highest BCUT2D eigenvalue weighted by Crippen LogP contribution is 2.19. The van der Waals surface area contributed by atoms with Crippen LogP contribution in [0.5, 0.6) is 0 Å². The van der Waals surface area contributed by atoms with E-state index in [0.29, 0.717) is 38.8 Å². The topological polar surface area (TPSA) is 188 Å². The fourth-order valence-electron chi connectivity index (χ4n) is 3.58. The van der Waals surface area contributed by atoms with Crippen LogP contribution in [0.2, 0.25) is 0 Å². The Hall–Kier alpha value is -2.24. The Morgan fingerprint density at radius 2 is 1.81 bits per heavy atom. The molecule has 0 bridgehead atoms. The molecule has 11 nitrogen and oxygen atoms in total. The first-order valence-corrected chi connectivity index (χ1v) is 10.8. The van der Waals surface area contributed by atoms with E-state index in [2.05, 4.69) is 10.6 Å². The number of carboxylic acids is 1. The number of likely N-dealkylation sites (tertiary alicyclic amines) is 1. The average Bonchev–Trinajstić information content (AvgIpc) is 3.20. The molecule has 0 radical (unpaired) electrons. The number of aliphatic carboxylic acids is 1. The maximum Gasteiger partial charge on any atom is 0.326 e. The normalized spacial score (nSPS) is 19.0. The molecule has 178 valence electrons. The number of hydrogen-bond acceptors (Lipinski definition) is 7. The number of aliphatic hydroxyl groups excluding tert-OH is 1. The highest BCUT2D eigenvalue weighted by molar-refractivity contribution is 5.94. The maximum atomic E-state index is 12.7. The van der Waals surface area contributed by atoms with E-state index in [9.17, 15) is 29.4 Å². The van der Waals surface area contributed by atoms with Crippen LogP contribution in [-0.2, 0) is 19.2 Å². The molecule has 0 aliphatic carbocycles. The standard InChI is InChI=1S/C20H37N5O6/c1-12(2)10-14(20(30)31)23-17(27)15(11-26)24-18(28)16-7-5-9-25(16)19(29)13(22)6-3-4-8-21/h12-16,26H,3-11,21-22H2,1-2H3,(H,23,27)(H,24,28)(H,30,31). The molecule has 4 atom stereocenters. The van der Waals surface area contributed by atoms with Crippen molar-refractivity contribution in [1.29, 1.82) is 0 Å². The van der Waals surface area contributed by atoms with E-state index in [-0.39, 0.29) is 18.2 Å². The summed E-state index contributed by atoms with van der Waals surface area (Å²) in [4.78, 5) is 50.6. The fourth-order valence-corrected chi connectivity index (χ4v) is 3.58. The lowest BCUT2D eigenvalue weighted by atomic mass is 10.0. The highest BCUT2D eigenvalue weighted by atomic mass is 16.4. The van der Waals surface area contributed by atoms with Gasteiger partial charge in [0.2, 0.25) is 17.7 Å². The van der Waals surface area contributed by atoms with E-state index in [1.54, 1.807) is 0 Å². The van der Waals surface area contributed by atoms with Crippen LogP contribution in [0.3, 0.4) is 0 Å². The monoisotopic (exact) mass is 443 g/mol. The van der Waals surface area contributed by atoms with Crippen molar-refractivity contribution in [2.45, 2.75) is 76.5 Å². The zero-order valence-corrected chi connectivity index (χ0v) is 18.4. The molecule has 1 saturated heterocycles. The summed E-state index contributed by atoms with van der Waals surface area (Å²) in [7, 11) is 0. The minimum Gasteiger partial charge on any atom is -0.480 e. The van der Waals surface area contributed by atoms with Gasteiger partial charge in [0.1, 0.15) is 18.1 Å². The predicted molar refractivity (Wildman–Crippen MR) is 114 cm³/mol. The Morgan fingerprint density at radius 3 is 2.35 bits per heavy atom. The number of aliphatic hydroxyl groups is 1. The second kappa shape index (κ2) is 13.2. The van der Waals surface area contributed by atoms with Gasteiger partial charge in [-0.05, 0) is 44.6 Å². The molecular weight excluding hydrogens is 406 g/mol. The van der Waals surface area contributed by atoms with Gasteiger partial charge in [-0.15, -0.1) is 0 Å². The third kappa shape index (κ3) is 8.42. The molecule has 1 rings (SSSR count). The number of carboxylic acid groups (broad SMARTS) is 1. The lowest BCUT2D eigenvalue weighted by Gasteiger charge is -2.28. The van der Waals surface area contributed by atoms with Crippen molar-refractivity contribution >= 4 is 23.7 Å². The summed E-state index contributed by atoms with van der Waals surface area (Å²) >= 11 is 0. The number of nitrogens with zero attached hydrogens (tertiary/aromatic N) is 1. The van der Waals surface area contributed by atoms with Crippen LogP contribution in [0.1, 0.15) is 52.4 Å². The fraction of sp³-hybridized carbons (Fsp3) is 0.800. The highest BCUT2D eigenvalue weighted by Gasteiger charge is 2.37. The first-order valence-electron chi connectivity index (χ1n) is 10.8. The van der Waals surface area contributed by atoms with E-state index in [0.717, 1.165) is 6.42 Å². The van der Waals surface area contributed by atoms with Gasteiger partial charge in [0.05, 0.1) is 12.6 Å². The molecular formula is C20H37N5O6. The maximum absolute atomic E-state index is 12.7. The Bertz CT molecular complexity index is 629. The Morgan fingerprint density at radius 1 is 1.13 bits per heavy atom. The summed E-state index contributed by atoms with van der Waals surface area (Å²) in [6.45, 7) is 3.83. The van der Waals surface area contributed by atoms with Gasteiger partial charge in [0, 0.05) is 6.54 Å². The molecule has 4 unspecified atom stereocenters.